The fourth-order valence-corrected chi connectivity index (χ4v) is 7.53. The summed E-state index contributed by atoms with van der Waals surface area (Å²) in [6, 6.07) is 57.3. The van der Waals surface area contributed by atoms with Gasteiger partial charge >= 0.3 is 0 Å². The SMILES string of the molecule is c1ccc(-c2ccc(-c3cc(-c4cccc(-c5c6ccccc6nc6sc7ccccc7c56)c4)nc(-c4ccccc4)n3)cc2)cc1. The fourth-order valence-electron chi connectivity index (χ4n) is 6.44. The summed E-state index contributed by atoms with van der Waals surface area (Å²) in [5, 5.41) is 3.58. The molecule has 220 valence electrons. The van der Waals surface area contributed by atoms with Crippen molar-refractivity contribution in [3.63, 3.8) is 0 Å². The topological polar surface area (TPSA) is 38.7 Å². The maximum Gasteiger partial charge on any atom is 0.160 e. The molecular formula is C43H27N3S. The Bertz CT molecular complexity index is 2550. The lowest BCUT2D eigenvalue weighted by molar-refractivity contribution is 1.18. The number of hydrogen-bond donors (Lipinski definition) is 0. The maximum absolute atomic E-state index is 5.14. The number of pyridine rings is 1. The van der Waals surface area contributed by atoms with E-state index < -0.39 is 0 Å². The van der Waals surface area contributed by atoms with Crippen LogP contribution in [0.2, 0.25) is 0 Å². The van der Waals surface area contributed by atoms with E-state index in [0.29, 0.717) is 5.82 Å². The first kappa shape index (κ1) is 27.3. The van der Waals surface area contributed by atoms with Gasteiger partial charge in [0, 0.05) is 43.1 Å². The third kappa shape index (κ3) is 4.96. The first-order valence-corrected chi connectivity index (χ1v) is 16.5. The van der Waals surface area contributed by atoms with Crippen molar-refractivity contribution in [1.29, 1.82) is 0 Å². The highest BCUT2D eigenvalue weighted by molar-refractivity contribution is 7.25. The minimum absolute atomic E-state index is 0.705. The van der Waals surface area contributed by atoms with E-state index in [1.807, 2.05) is 24.3 Å². The molecule has 3 heterocycles. The first-order valence-electron chi connectivity index (χ1n) is 15.7. The second kappa shape index (κ2) is 11.4. The van der Waals surface area contributed by atoms with Crippen LogP contribution >= 0.6 is 11.3 Å². The molecule has 9 rings (SSSR count). The van der Waals surface area contributed by atoms with Crippen molar-refractivity contribution in [3.8, 4) is 56.2 Å². The summed E-state index contributed by atoms with van der Waals surface area (Å²) >= 11 is 1.75. The van der Waals surface area contributed by atoms with Gasteiger partial charge < -0.3 is 0 Å². The van der Waals surface area contributed by atoms with E-state index in [4.69, 9.17) is 15.0 Å². The van der Waals surface area contributed by atoms with Crippen LogP contribution in [-0.2, 0) is 0 Å². The molecule has 0 unspecified atom stereocenters. The van der Waals surface area contributed by atoms with Crippen molar-refractivity contribution in [3.05, 3.63) is 164 Å². The Hall–Kier alpha value is -5.97. The van der Waals surface area contributed by atoms with Gasteiger partial charge in [0.15, 0.2) is 5.82 Å². The van der Waals surface area contributed by atoms with Crippen LogP contribution in [-0.4, -0.2) is 15.0 Å². The maximum atomic E-state index is 5.14. The molecule has 0 aliphatic rings. The number of rotatable bonds is 5. The minimum atomic E-state index is 0.705. The van der Waals surface area contributed by atoms with Gasteiger partial charge in [-0.25, -0.2) is 15.0 Å². The standard InChI is InChI=1S/C43H27N3S/c1-3-12-28(13-4-1)29-22-24-30(25-23-29)37-27-38(45-42(44-37)31-14-5-2-6-15-31)32-16-11-17-33(26-32)40-34-18-7-9-20-36(34)46-43-41(40)35-19-8-10-21-39(35)47-43/h1-27H. The Kier molecular flexibility index (Phi) is 6.65. The van der Waals surface area contributed by atoms with Crippen LogP contribution in [0.5, 0.6) is 0 Å². The van der Waals surface area contributed by atoms with Crippen molar-refractivity contribution in [1.82, 2.24) is 15.0 Å². The van der Waals surface area contributed by atoms with Crippen LogP contribution in [0.15, 0.2) is 164 Å². The number of thiophene rings is 1. The van der Waals surface area contributed by atoms with E-state index in [2.05, 4.69) is 140 Å². The van der Waals surface area contributed by atoms with Crippen LogP contribution in [0.1, 0.15) is 0 Å². The third-order valence-electron chi connectivity index (χ3n) is 8.72. The zero-order valence-corrected chi connectivity index (χ0v) is 26.2. The average Bonchev–Trinajstić information content (AvgIpc) is 3.52. The number of para-hydroxylation sites is 1. The van der Waals surface area contributed by atoms with Crippen LogP contribution < -0.4 is 0 Å². The minimum Gasteiger partial charge on any atom is -0.237 e. The van der Waals surface area contributed by atoms with Crippen molar-refractivity contribution in [2.24, 2.45) is 0 Å². The first-order chi connectivity index (χ1) is 23.3. The van der Waals surface area contributed by atoms with Crippen molar-refractivity contribution < 1.29 is 0 Å². The van der Waals surface area contributed by atoms with E-state index in [9.17, 15) is 0 Å². The zero-order valence-electron chi connectivity index (χ0n) is 25.3. The molecule has 0 saturated carbocycles. The largest absolute Gasteiger partial charge is 0.237 e. The van der Waals surface area contributed by atoms with Gasteiger partial charge in [0.2, 0.25) is 0 Å². The lowest BCUT2D eigenvalue weighted by Gasteiger charge is -2.13. The molecule has 0 amide bonds. The number of benzene rings is 6. The molecule has 3 aromatic heterocycles. The molecule has 0 fully saturated rings. The van der Waals surface area contributed by atoms with Crippen molar-refractivity contribution in [2.45, 2.75) is 0 Å². The smallest absolute Gasteiger partial charge is 0.160 e. The normalized spacial score (nSPS) is 11.4. The van der Waals surface area contributed by atoms with Crippen LogP contribution in [0, 0.1) is 0 Å². The second-order valence-corrected chi connectivity index (χ2v) is 12.7. The Labute approximate surface area is 276 Å². The summed E-state index contributed by atoms with van der Waals surface area (Å²) < 4.78 is 1.24. The summed E-state index contributed by atoms with van der Waals surface area (Å²) in [7, 11) is 0. The summed E-state index contributed by atoms with van der Waals surface area (Å²) in [6.07, 6.45) is 0. The van der Waals surface area contributed by atoms with E-state index in [1.54, 1.807) is 11.3 Å². The fraction of sp³-hybridized carbons (Fsp3) is 0. The molecule has 0 atom stereocenters. The molecule has 3 nitrogen and oxygen atoms in total. The van der Waals surface area contributed by atoms with Gasteiger partial charge in [-0.05, 0) is 41.0 Å². The molecular weight excluding hydrogens is 591 g/mol. The van der Waals surface area contributed by atoms with Gasteiger partial charge in [0.1, 0.15) is 4.83 Å². The van der Waals surface area contributed by atoms with Crippen LogP contribution in [0.25, 0.3) is 87.4 Å². The second-order valence-electron chi connectivity index (χ2n) is 11.6. The summed E-state index contributed by atoms with van der Waals surface area (Å²) in [5.41, 5.74) is 10.6. The van der Waals surface area contributed by atoms with E-state index in [0.717, 1.165) is 49.4 Å². The molecule has 0 N–H and O–H groups in total. The predicted octanol–water partition coefficient (Wildman–Crippen LogP) is 11.7. The molecule has 0 aliphatic carbocycles. The van der Waals surface area contributed by atoms with Gasteiger partial charge in [-0.1, -0.05) is 140 Å². The van der Waals surface area contributed by atoms with Gasteiger partial charge in [0.25, 0.3) is 0 Å². The number of fused-ring (bicyclic) bond motifs is 4. The van der Waals surface area contributed by atoms with Gasteiger partial charge in [-0.2, -0.15) is 0 Å². The molecule has 0 bridgehead atoms. The predicted molar refractivity (Wildman–Crippen MR) is 197 cm³/mol. The molecule has 9 aromatic rings. The summed E-state index contributed by atoms with van der Waals surface area (Å²) in [6.45, 7) is 0. The molecule has 0 saturated heterocycles. The van der Waals surface area contributed by atoms with Gasteiger partial charge in [-0.3, -0.25) is 0 Å². The number of aromatic nitrogens is 3. The number of hydrogen-bond acceptors (Lipinski definition) is 4. The third-order valence-corrected chi connectivity index (χ3v) is 9.78. The highest BCUT2D eigenvalue weighted by Crippen LogP contribution is 2.43. The Balaban J connectivity index is 1.23. The van der Waals surface area contributed by atoms with Crippen LogP contribution in [0.3, 0.4) is 0 Å². The molecule has 0 spiro atoms. The Morgan fingerprint density at radius 2 is 0.957 bits per heavy atom. The molecule has 0 radical (unpaired) electrons. The zero-order chi connectivity index (χ0) is 31.2. The van der Waals surface area contributed by atoms with Crippen molar-refractivity contribution >= 4 is 42.5 Å². The highest BCUT2D eigenvalue weighted by atomic mass is 32.1. The van der Waals surface area contributed by atoms with Crippen molar-refractivity contribution in [2.75, 3.05) is 0 Å². The molecule has 4 heteroatoms. The van der Waals surface area contributed by atoms with E-state index in [-0.39, 0.29) is 0 Å². The molecule has 0 aliphatic heterocycles. The average molecular weight is 618 g/mol. The van der Waals surface area contributed by atoms with Crippen LogP contribution in [0.4, 0.5) is 0 Å². The number of nitrogens with zero attached hydrogens (tertiary/aromatic N) is 3. The highest BCUT2D eigenvalue weighted by Gasteiger charge is 2.18. The van der Waals surface area contributed by atoms with E-state index in [1.165, 1.54) is 32.2 Å². The monoisotopic (exact) mass is 617 g/mol. The lowest BCUT2D eigenvalue weighted by Crippen LogP contribution is -1.96. The summed E-state index contributed by atoms with van der Waals surface area (Å²) in [5.74, 6) is 0.705. The summed E-state index contributed by atoms with van der Waals surface area (Å²) in [4.78, 5) is 16.4. The quantitative estimate of drug-likeness (QED) is 0.193. The van der Waals surface area contributed by atoms with E-state index >= 15 is 0 Å². The van der Waals surface area contributed by atoms with Gasteiger partial charge in [0.05, 0.1) is 16.9 Å². The molecule has 6 aromatic carbocycles. The van der Waals surface area contributed by atoms with Gasteiger partial charge in [-0.15, -0.1) is 11.3 Å². The molecule has 47 heavy (non-hydrogen) atoms. The Morgan fingerprint density at radius 3 is 1.74 bits per heavy atom. The lowest BCUT2D eigenvalue weighted by atomic mass is 9.94. The Morgan fingerprint density at radius 1 is 0.383 bits per heavy atom.